The molecule has 0 fully saturated rings. The van der Waals surface area contributed by atoms with E-state index in [2.05, 4.69) is 10.6 Å². The Morgan fingerprint density at radius 2 is 1.67 bits per heavy atom. The molecule has 2 aromatic rings. The highest BCUT2D eigenvalue weighted by atomic mass is 35.5. The van der Waals surface area contributed by atoms with Crippen molar-refractivity contribution in [3.63, 3.8) is 0 Å². The number of urea groups is 1. The van der Waals surface area contributed by atoms with Gasteiger partial charge in [0.1, 0.15) is 11.6 Å². The largest absolute Gasteiger partial charge is 0.455 e. The van der Waals surface area contributed by atoms with Crippen LogP contribution in [-0.2, 0) is 4.79 Å². The molecular weight excluding hydrogens is 292 g/mol. The lowest BCUT2D eigenvalue weighted by molar-refractivity contribution is -0.117. The third-order valence-electron chi connectivity index (χ3n) is 2.48. The Morgan fingerprint density at radius 3 is 2.38 bits per heavy atom. The van der Waals surface area contributed by atoms with E-state index >= 15 is 0 Å². The smallest absolute Gasteiger partial charge is 0.326 e. The lowest BCUT2D eigenvalue weighted by atomic mass is 10.3. The number of imide groups is 1. The van der Waals surface area contributed by atoms with Gasteiger partial charge in [-0.1, -0.05) is 30.3 Å². The predicted molar refractivity (Wildman–Crippen MR) is 80.8 cm³/mol. The van der Waals surface area contributed by atoms with Gasteiger partial charge in [-0.25, -0.2) is 4.79 Å². The quantitative estimate of drug-likeness (QED) is 0.851. The summed E-state index contributed by atoms with van der Waals surface area (Å²) in [5.74, 6) is 0.257. The molecule has 0 bridgehead atoms. The maximum absolute atomic E-state index is 11.6. The molecule has 0 atom stereocenters. The Labute approximate surface area is 126 Å². The number of halogens is 1. The lowest BCUT2D eigenvalue weighted by Gasteiger charge is -2.12. The first-order valence-electron chi connectivity index (χ1n) is 6.18. The van der Waals surface area contributed by atoms with Gasteiger partial charge in [-0.05, 0) is 24.3 Å². The van der Waals surface area contributed by atoms with Crippen LogP contribution in [0.5, 0.6) is 11.5 Å². The number of ether oxygens (including phenoxy) is 1. The SMILES string of the molecule is O=C(CCl)NC(=O)Nc1ccccc1Oc1ccccc1. The first kappa shape index (κ1) is 14.9. The molecule has 0 aromatic heterocycles. The van der Waals surface area contributed by atoms with Crippen LogP contribution in [0.4, 0.5) is 10.5 Å². The zero-order valence-corrected chi connectivity index (χ0v) is 11.8. The molecule has 108 valence electrons. The van der Waals surface area contributed by atoms with E-state index in [9.17, 15) is 9.59 Å². The summed E-state index contributed by atoms with van der Waals surface area (Å²) >= 11 is 5.32. The van der Waals surface area contributed by atoms with Crippen LogP contribution in [-0.4, -0.2) is 17.8 Å². The summed E-state index contributed by atoms with van der Waals surface area (Å²) in [6.45, 7) is 0. The summed E-state index contributed by atoms with van der Waals surface area (Å²) in [6, 6.07) is 15.4. The van der Waals surface area contributed by atoms with Crippen LogP contribution in [0.2, 0.25) is 0 Å². The number of hydrogen-bond donors (Lipinski definition) is 2. The Hall–Kier alpha value is -2.53. The molecule has 0 radical (unpaired) electrons. The molecule has 2 rings (SSSR count). The molecule has 0 heterocycles. The fourth-order valence-electron chi connectivity index (χ4n) is 1.59. The van der Waals surface area contributed by atoms with Gasteiger partial charge in [-0.2, -0.15) is 0 Å². The van der Waals surface area contributed by atoms with Crippen molar-refractivity contribution in [1.82, 2.24) is 5.32 Å². The fraction of sp³-hybridized carbons (Fsp3) is 0.0667. The third kappa shape index (κ3) is 4.50. The van der Waals surface area contributed by atoms with Gasteiger partial charge in [0.05, 0.1) is 5.69 Å². The Kier molecular flexibility index (Phi) is 5.17. The summed E-state index contributed by atoms with van der Waals surface area (Å²) in [7, 11) is 0. The number of alkyl halides is 1. The van der Waals surface area contributed by atoms with E-state index in [1.807, 2.05) is 18.2 Å². The summed E-state index contributed by atoms with van der Waals surface area (Å²) in [5.41, 5.74) is 0.446. The first-order valence-corrected chi connectivity index (χ1v) is 6.71. The zero-order chi connectivity index (χ0) is 15.1. The van der Waals surface area contributed by atoms with Crippen molar-refractivity contribution in [3.8, 4) is 11.5 Å². The van der Waals surface area contributed by atoms with Crippen LogP contribution in [0.3, 0.4) is 0 Å². The molecule has 0 aliphatic rings. The molecular formula is C15H13ClN2O3. The van der Waals surface area contributed by atoms with E-state index in [1.165, 1.54) is 0 Å². The molecule has 6 heteroatoms. The second-order valence-corrected chi connectivity index (χ2v) is 4.31. The van der Waals surface area contributed by atoms with Gasteiger partial charge in [0.25, 0.3) is 0 Å². The van der Waals surface area contributed by atoms with E-state index in [1.54, 1.807) is 36.4 Å². The third-order valence-corrected chi connectivity index (χ3v) is 2.72. The highest BCUT2D eigenvalue weighted by Gasteiger charge is 2.10. The molecule has 21 heavy (non-hydrogen) atoms. The molecule has 2 N–H and O–H groups in total. The average Bonchev–Trinajstić information content (AvgIpc) is 2.50. The van der Waals surface area contributed by atoms with Gasteiger partial charge in [0.15, 0.2) is 5.75 Å². The number of carbonyl (C=O) groups is 2. The van der Waals surface area contributed by atoms with E-state index in [-0.39, 0.29) is 5.88 Å². The monoisotopic (exact) mass is 304 g/mol. The average molecular weight is 305 g/mol. The van der Waals surface area contributed by atoms with Crippen molar-refractivity contribution in [1.29, 1.82) is 0 Å². The number of rotatable bonds is 4. The molecule has 0 aliphatic heterocycles. The molecule has 0 saturated carbocycles. The van der Waals surface area contributed by atoms with Crippen LogP contribution < -0.4 is 15.4 Å². The number of benzene rings is 2. The van der Waals surface area contributed by atoms with Gasteiger partial charge in [-0.3, -0.25) is 10.1 Å². The second kappa shape index (κ2) is 7.31. The minimum Gasteiger partial charge on any atom is -0.455 e. The normalized spacial score (nSPS) is 9.76. The number of carbonyl (C=O) groups excluding carboxylic acids is 2. The number of anilines is 1. The van der Waals surface area contributed by atoms with Crippen molar-refractivity contribution < 1.29 is 14.3 Å². The van der Waals surface area contributed by atoms with Crippen molar-refractivity contribution in [2.45, 2.75) is 0 Å². The van der Waals surface area contributed by atoms with Crippen molar-refractivity contribution in [3.05, 3.63) is 54.6 Å². The van der Waals surface area contributed by atoms with Crippen molar-refractivity contribution in [2.24, 2.45) is 0 Å². The molecule has 0 unspecified atom stereocenters. The Morgan fingerprint density at radius 1 is 1.00 bits per heavy atom. The second-order valence-electron chi connectivity index (χ2n) is 4.05. The van der Waals surface area contributed by atoms with Gasteiger partial charge in [-0.15, -0.1) is 11.6 Å². The highest BCUT2D eigenvalue weighted by Crippen LogP contribution is 2.28. The van der Waals surface area contributed by atoms with Crippen LogP contribution in [0.15, 0.2) is 54.6 Å². The highest BCUT2D eigenvalue weighted by molar-refractivity contribution is 6.28. The maximum atomic E-state index is 11.6. The molecule has 3 amide bonds. The van der Waals surface area contributed by atoms with Crippen LogP contribution in [0.1, 0.15) is 0 Å². The Bertz CT molecular complexity index is 632. The van der Waals surface area contributed by atoms with E-state index in [4.69, 9.17) is 16.3 Å². The van der Waals surface area contributed by atoms with E-state index in [0.717, 1.165) is 0 Å². The fourth-order valence-corrected chi connectivity index (χ4v) is 1.65. The van der Waals surface area contributed by atoms with Gasteiger partial charge in [0.2, 0.25) is 5.91 Å². The molecule has 2 aromatic carbocycles. The first-order chi connectivity index (χ1) is 10.2. The van der Waals surface area contributed by atoms with Gasteiger partial charge >= 0.3 is 6.03 Å². The lowest BCUT2D eigenvalue weighted by Crippen LogP contribution is -2.35. The predicted octanol–water partition coefficient (Wildman–Crippen LogP) is 3.37. The van der Waals surface area contributed by atoms with Crippen LogP contribution in [0.25, 0.3) is 0 Å². The standard InChI is InChI=1S/C15H13ClN2O3/c16-10-14(19)18-15(20)17-12-8-4-5-9-13(12)21-11-6-2-1-3-7-11/h1-9H,10H2,(H2,17,18,19,20). The summed E-state index contributed by atoms with van der Waals surface area (Å²) in [5, 5.41) is 4.63. The van der Waals surface area contributed by atoms with Crippen molar-refractivity contribution >= 4 is 29.2 Å². The number of nitrogens with one attached hydrogen (secondary N) is 2. The minimum atomic E-state index is -0.662. The topological polar surface area (TPSA) is 67.4 Å². The number of hydrogen-bond acceptors (Lipinski definition) is 3. The Balaban J connectivity index is 2.10. The molecule has 0 spiro atoms. The van der Waals surface area contributed by atoms with Gasteiger partial charge < -0.3 is 10.1 Å². The van der Waals surface area contributed by atoms with Crippen LogP contribution >= 0.6 is 11.6 Å². The van der Waals surface area contributed by atoms with E-state index < -0.39 is 11.9 Å². The zero-order valence-electron chi connectivity index (χ0n) is 11.0. The van der Waals surface area contributed by atoms with Crippen molar-refractivity contribution in [2.75, 3.05) is 11.2 Å². The number of amides is 3. The molecule has 5 nitrogen and oxygen atoms in total. The summed E-state index contributed by atoms with van der Waals surface area (Å²) < 4.78 is 5.69. The maximum Gasteiger partial charge on any atom is 0.326 e. The van der Waals surface area contributed by atoms with Crippen LogP contribution in [0, 0.1) is 0 Å². The molecule has 0 saturated heterocycles. The summed E-state index contributed by atoms with van der Waals surface area (Å²) in [6.07, 6.45) is 0. The van der Waals surface area contributed by atoms with E-state index in [0.29, 0.717) is 17.2 Å². The molecule has 0 aliphatic carbocycles. The number of para-hydroxylation sites is 3. The van der Waals surface area contributed by atoms with Gasteiger partial charge in [0, 0.05) is 0 Å². The minimum absolute atomic E-state index is 0.282. The summed E-state index contributed by atoms with van der Waals surface area (Å²) in [4.78, 5) is 22.7.